The Labute approximate surface area is 162 Å². The molecule has 0 N–H and O–H groups in total. The summed E-state index contributed by atoms with van der Waals surface area (Å²) in [7, 11) is 1.33. The molecule has 0 saturated heterocycles. The Morgan fingerprint density at radius 3 is 2.64 bits per heavy atom. The van der Waals surface area contributed by atoms with Gasteiger partial charge in [-0.05, 0) is 17.7 Å². The molecule has 8 heteroatoms. The SMILES string of the molecule is COC(=O)CCN(Cc1ccccc1)C(=O)CCc1nc(-c2ccco2)no1. The largest absolute Gasteiger partial charge is 0.469 e. The van der Waals surface area contributed by atoms with Crippen LogP contribution in [0.1, 0.15) is 24.3 Å². The lowest BCUT2D eigenvalue weighted by molar-refractivity contribution is -0.142. The molecule has 0 spiro atoms. The van der Waals surface area contributed by atoms with E-state index in [9.17, 15) is 9.59 Å². The molecule has 0 atom stereocenters. The Morgan fingerprint density at radius 2 is 1.93 bits per heavy atom. The number of benzene rings is 1. The summed E-state index contributed by atoms with van der Waals surface area (Å²) in [4.78, 5) is 30.1. The standard InChI is InChI=1S/C20H21N3O5/c1-26-19(25)11-12-23(14-15-6-3-2-4-7-15)18(24)10-9-17-21-20(22-28-17)16-8-5-13-27-16/h2-8,13H,9-12,14H2,1H3. The van der Waals surface area contributed by atoms with Gasteiger partial charge < -0.3 is 18.6 Å². The minimum atomic E-state index is -0.356. The molecule has 0 bridgehead atoms. The molecule has 0 unspecified atom stereocenters. The van der Waals surface area contributed by atoms with Gasteiger partial charge in [-0.2, -0.15) is 4.98 Å². The van der Waals surface area contributed by atoms with Gasteiger partial charge >= 0.3 is 5.97 Å². The van der Waals surface area contributed by atoms with Gasteiger partial charge in [-0.15, -0.1) is 0 Å². The van der Waals surface area contributed by atoms with Crippen LogP contribution < -0.4 is 0 Å². The summed E-state index contributed by atoms with van der Waals surface area (Å²) in [5.41, 5.74) is 0.985. The van der Waals surface area contributed by atoms with Gasteiger partial charge in [0.1, 0.15) is 0 Å². The maximum atomic E-state index is 12.7. The molecule has 0 radical (unpaired) electrons. The maximum Gasteiger partial charge on any atom is 0.307 e. The molecule has 28 heavy (non-hydrogen) atoms. The summed E-state index contributed by atoms with van der Waals surface area (Å²) < 4.78 is 15.1. The molecule has 3 rings (SSSR count). The van der Waals surface area contributed by atoms with Crippen LogP contribution in [0.3, 0.4) is 0 Å². The zero-order chi connectivity index (χ0) is 19.8. The highest BCUT2D eigenvalue weighted by molar-refractivity contribution is 5.77. The minimum Gasteiger partial charge on any atom is -0.469 e. The molecule has 0 fully saturated rings. The van der Waals surface area contributed by atoms with E-state index in [-0.39, 0.29) is 31.3 Å². The fourth-order valence-electron chi connectivity index (χ4n) is 2.66. The zero-order valence-corrected chi connectivity index (χ0v) is 15.5. The van der Waals surface area contributed by atoms with Crippen LogP contribution in [-0.4, -0.2) is 40.6 Å². The maximum absolute atomic E-state index is 12.7. The highest BCUT2D eigenvalue weighted by Gasteiger charge is 2.18. The topological polar surface area (TPSA) is 98.7 Å². The Balaban J connectivity index is 1.60. The first kappa shape index (κ1) is 19.3. The number of aromatic nitrogens is 2. The second-order valence-electron chi connectivity index (χ2n) is 6.12. The fourth-order valence-corrected chi connectivity index (χ4v) is 2.66. The van der Waals surface area contributed by atoms with Crippen molar-refractivity contribution >= 4 is 11.9 Å². The summed E-state index contributed by atoms with van der Waals surface area (Å²) >= 11 is 0. The van der Waals surface area contributed by atoms with Crippen molar-refractivity contribution in [3.05, 3.63) is 60.2 Å². The van der Waals surface area contributed by atoms with Crippen LogP contribution in [0.15, 0.2) is 57.7 Å². The van der Waals surface area contributed by atoms with Crippen LogP contribution in [0.5, 0.6) is 0 Å². The van der Waals surface area contributed by atoms with Crippen molar-refractivity contribution in [3.63, 3.8) is 0 Å². The zero-order valence-electron chi connectivity index (χ0n) is 15.5. The highest BCUT2D eigenvalue weighted by Crippen LogP contribution is 2.17. The molecule has 2 aromatic heterocycles. The number of carbonyl (C=O) groups is 2. The third-order valence-electron chi connectivity index (χ3n) is 4.14. The Hall–Kier alpha value is -3.42. The average Bonchev–Trinajstić information content (AvgIpc) is 3.41. The predicted octanol–water partition coefficient (Wildman–Crippen LogP) is 2.85. The molecule has 1 aromatic carbocycles. The minimum absolute atomic E-state index is 0.106. The van der Waals surface area contributed by atoms with Crippen molar-refractivity contribution in [3.8, 4) is 11.6 Å². The molecular weight excluding hydrogens is 362 g/mol. The van der Waals surface area contributed by atoms with Crippen molar-refractivity contribution in [2.75, 3.05) is 13.7 Å². The molecule has 0 aliphatic rings. The number of rotatable bonds is 9. The Morgan fingerprint density at radius 1 is 1.11 bits per heavy atom. The smallest absolute Gasteiger partial charge is 0.307 e. The molecule has 2 heterocycles. The van der Waals surface area contributed by atoms with E-state index in [0.717, 1.165) is 5.56 Å². The van der Waals surface area contributed by atoms with Crippen LogP contribution in [0.2, 0.25) is 0 Å². The van der Waals surface area contributed by atoms with Gasteiger partial charge in [0.2, 0.25) is 17.6 Å². The van der Waals surface area contributed by atoms with Crippen molar-refractivity contribution in [1.29, 1.82) is 0 Å². The monoisotopic (exact) mass is 383 g/mol. The molecular formula is C20H21N3O5. The van der Waals surface area contributed by atoms with Gasteiger partial charge in [-0.1, -0.05) is 35.5 Å². The van der Waals surface area contributed by atoms with E-state index >= 15 is 0 Å². The Bertz CT molecular complexity index is 890. The van der Waals surface area contributed by atoms with Gasteiger partial charge in [0.25, 0.3) is 0 Å². The van der Waals surface area contributed by atoms with Crippen LogP contribution in [0.4, 0.5) is 0 Å². The number of methoxy groups -OCH3 is 1. The van der Waals surface area contributed by atoms with E-state index in [2.05, 4.69) is 14.9 Å². The quantitative estimate of drug-likeness (QED) is 0.524. The molecule has 1 amide bonds. The fraction of sp³-hybridized carbons (Fsp3) is 0.300. The summed E-state index contributed by atoms with van der Waals surface area (Å²) in [5.74, 6) is 0.744. The highest BCUT2D eigenvalue weighted by atomic mass is 16.5. The lowest BCUT2D eigenvalue weighted by Gasteiger charge is -2.22. The summed E-state index contributed by atoms with van der Waals surface area (Å²) in [6.45, 7) is 0.694. The van der Waals surface area contributed by atoms with E-state index < -0.39 is 0 Å². The lowest BCUT2D eigenvalue weighted by atomic mass is 10.2. The van der Waals surface area contributed by atoms with Gasteiger partial charge in [0, 0.05) is 25.9 Å². The van der Waals surface area contributed by atoms with Crippen LogP contribution in [-0.2, 0) is 27.3 Å². The van der Waals surface area contributed by atoms with Crippen molar-refractivity contribution in [2.24, 2.45) is 0 Å². The van der Waals surface area contributed by atoms with E-state index in [4.69, 9.17) is 8.94 Å². The molecule has 8 nitrogen and oxygen atoms in total. The first-order valence-electron chi connectivity index (χ1n) is 8.90. The molecule has 3 aromatic rings. The number of furan rings is 1. The molecule has 0 aliphatic heterocycles. The number of ether oxygens (including phenoxy) is 1. The van der Waals surface area contributed by atoms with Crippen molar-refractivity contribution in [2.45, 2.75) is 25.8 Å². The summed E-state index contributed by atoms with van der Waals surface area (Å²) in [5, 5.41) is 3.85. The van der Waals surface area contributed by atoms with Crippen molar-refractivity contribution < 1.29 is 23.3 Å². The predicted molar refractivity (Wildman–Crippen MR) is 98.8 cm³/mol. The Kier molecular flexibility index (Phi) is 6.56. The van der Waals surface area contributed by atoms with E-state index in [1.165, 1.54) is 13.4 Å². The van der Waals surface area contributed by atoms with Crippen molar-refractivity contribution in [1.82, 2.24) is 15.0 Å². The number of hydrogen-bond acceptors (Lipinski definition) is 7. The molecule has 0 saturated carbocycles. The van der Waals surface area contributed by atoms with E-state index in [0.29, 0.717) is 30.4 Å². The normalized spacial score (nSPS) is 10.6. The van der Waals surface area contributed by atoms with Gasteiger partial charge in [0.15, 0.2) is 5.76 Å². The van der Waals surface area contributed by atoms with Crippen LogP contribution in [0, 0.1) is 0 Å². The molecule has 146 valence electrons. The third kappa shape index (κ3) is 5.29. The summed E-state index contributed by atoms with van der Waals surface area (Å²) in [6, 6.07) is 13.1. The van der Waals surface area contributed by atoms with Gasteiger partial charge in [-0.3, -0.25) is 9.59 Å². The number of esters is 1. The first-order valence-corrected chi connectivity index (χ1v) is 8.90. The van der Waals surface area contributed by atoms with E-state index in [1.807, 2.05) is 30.3 Å². The number of aryl methyl sites for hydroxylation is 1. The lowest BCUT2D eigenvalue weighted by Crippen LogP contribution is -2.33. The first-order chi connectivity index (χ1) is 13.7. The summed E-state index contributed by atoms with van der Waals surface area (Å²) in [6.07, 6.45) is 2.15. The second kappa shape index (κ2) is 9.50. The number of carbonyl (C=O) groups excluding carboxylic acids is 2. The van der Waals surface area contributed by atoms with E-state index in [1.54, 1.807) is 17.0 Å². The van der Waals surface area contributed by atoms with Crippen LogP contribution >= 0.6 is 0 Å². The number of hydrogen-bond donors (Lipinski definition) is 0. The third-order valence-corrected chi connectivity index (χ3v) is 4.14. The number of amides is 1. The van der Waals surface area contributed by atoms with Crippen LogP contribution in [0.25, 0.3) is 11.6 Å². The number of nitrogens with zero attached hydrogens (tertiary/aromatic N) is 3. The second-order valence-corrected chi connectivity index (χ2v) is 6.12. The molecule has 0 aliphatic carbocycles. The van der Waals surface area contributed by atoms with Gasteiger partial charge in [-0.25, -0.2) is 0 Å². The average molecular weight is 383 g/mol. The van der Waals surface area contributed by atoms with Gasteiger partial charge in [0.05, 0.1) is 19.8 Å².